The summed E-state index contributed by atoms with van der Waals surface area (Å²) in [4.78, 5) is 11.6. The van der Waals surface area contributed by atoms with Gasteiger partial charge in [-0.3, -0.25) is 4.79 Å². The highest BCUT2D eigenvalue weighted by Gasteiger charge is 2.21. The summed E-state index contributed by atoms with van der Waals surface area (Å²) >= 11 is 3.17. The van der Waals surface area contributed by atoms with Crippen molar-refractivity contribution in [1.29, 1.82) is 0 Å². The van der Waals surface area contributed by atoms with Crippen LogP contribution in [0.2, 0.25) is 0 Å². The Morgan fingerprint density at radius 1 is 1.47 bits per heavy atom. The number of carbonyl (C=O) groups excluding carboxylic acids is 1. The Balaban J connectivity index is 2.86. The third kappa shape index (κ3) is 3.72. The van der Waals surface area contributed by atoms with Gasteiger partial charge in [0.15, 0.2) is 5.78 Å². The fourth-order valence-electron chi connectivity index (χ4n) is 1.13. The lowest BCUT2D eigenvalue weighted by Gasteiger charge is -2.16. The molecule has 1 rings (SSSR count). The van der Waals surface area contributed by atoms with Crippen LogP contribution in [0.15, 0.2) is 22.7 Å². The van der Waals surface area contributed by atoms with Gasteiger partial charge in [-0.2, -0.15) is 0 Å². The molecule has 0 spiro atoms. The summed E-state index contributed by atoms with van der Waals surface area (Å²) in [7, 11) is 0. The monoisotopic (exact) mass is 273 g/mol. The van der Waals surface area contributed by atoms with E-state index in [1.165, 1.54) is 12.1 Å². The second-order valence-electron chi connectivity index (χ2n) is 4.10. The third-order valence-electron chi connectivity index (χ3n) is 2.01. The van der Waals surface area contributed by atoms with Crippen LogP contribution in [0, 0.1) is 5.82 Å². The van der Waals surface area contributed by atoms with E-state index in [1.807, 2.05) is 0 Å². The van der Waals surface area contributed by atoms with E-state index < -0.39 is 5.54 Å². The maximum Gasteiger partial charge on any atom is 0.156 e. The van der Waals surface area contributed by atoms with Crippen LogP contribution in [0.4, 0.5) is 4.39 Å². The SMILES string of the molecule is CC(C)(N)C(=O)Cc1cc(F)cc(Br)c1. The minimum absolute atomic E-state index is 0.111. The number of benzene rings is 1. The summed E-state index contributed by atoms with van der Waals surface area (Å²) < 4.78 is 13.6. The van der Waals surface area contributed by atoms with Gasteiger partial charge in [0, 0.05) is 10.9 Å². The molecule has 0 saturated carbocycles. The molecule has 0 heterocycles. The van der Waals surface area contributed by atoms with Gasteiger partial charge in [0.1, 0.15) is 5.82 Å². The van der Waals surface area contributed by atoms with E-state index in [2.05, 4.69) is 15.9 Å². The van der Waals surface area contributed by atoms with E-state index >= 15 is 0 Å². The van der Waals surface area contributed by atoms with E-state index in [9.17, 15) is 9.18 Å². The van der Waals surface area contributed by atoms with Gasteiger partial charge in [0.05, 0.1) is 5.54 Å². The number of ketones is 1. The minimum atomic E-state index is -0.876. The topological polar surface area (TPSA) is 43.1 Å². The minimum Gasteiger partial charge on any atom is -0.319 e. The molecule has 0 aliphatic carbocycles. The fraction of sp³-hybridized carbons (Fsp3) is 0.364. The number of hydrogen-bond acceptors (Lipinski definition) is 2. The second-order valence-corrected chi connectivity index (χ2v) is 5.02. The van der Waals surface area contributed by atoms with Crippen LogP contribution in [0.5, 0.6) is 0 Å². The highest BCUT2D eigenvalue weighted by Crippen LogP contribution is 2.16. The average molecular weight is 274 g/mol. The van der Waals surface area contributed by atoms with Crippen molar-refractivity contribution in [3.63, 3.8) is 0 Å². The van der Waals surface area contributed by atoms with Crippen LogP contribution in [0.1, 0.15) is 19.4 Å². The van der Waals surface area contributed by atoms with Gasteiger partial charge < -0.3 is 5.73 Å². The lowest BCUT2D eigenvalue weighted by molar-refractivity contribution is -0.122. The molecule has 0 aromatic heterocycles. The first-order valence-corrected chi connectivity index (χ1v) is 5.35. The predicted molar refractivity (Wildman–Crippen MR) is 61.1 cm³/mol. The molecule has 0 fully saturated rings. The smallest absolute Gasteiger partial charge is 0.156 e. The first-order chi connectivity index (χ1) is 6.79. The van der Waals surface area contributed by atoms with E-state index in [-0.39, 0.29) is 18.0 Å². The van der Waals surface area contributed by atoms with Gasteiger partial charge in [-0.05, 0) is 37.6 Å². The molecule has 0 atom stereocenters. The van der Waals surface area contributed by atoms with Crippen molar-refractivity contribution in [3.8, 4) is 0 Å². The zero-order chi connectivity index (χ0) is 11.6. The molecule has 4 heteroatoms. The number of nitrogens with two attached hydrogens (primary N) is 1. The molecule has 0 saturated heterocycles. The largest absolute Gasteiger partial charge is 0.319 e. The molecule has 15 heavy (non-hydrogen) atoms. The lowest BCUT2D eigenvalue weighted by atomic mass is 9.95. The molecule has 1 aromatic carbocycles. The summed E-state index contributed by atoms with van der Waals surface area (Å²) in [6.45, 7) is 3.29. The Morgan fingerprint density at radius 2 is 2.07 bits per heavy atom. The number of Topliss-reactive ketones (excluding diaryl/α,β-unsaturated/α-hetero) is 1. The van der Waals surface area contributed by atoms with Gasteiger partial charge in [-0.25, -0.2) is 4.39 Å². The molecule has 0 unspecified atom stereocenters. The molecular formula is C11H13BrFNO. The Labute approximate surface area is 96.8 Å². The van der Waals surface area contributed by atoms with Crippen molar-refractivity contribution < 1.29 is 9.18 Å². The van der Waals surface area contributed by atoms with Gasteiger partial charge in [0.2, 0.25) is 0 Å². The van der Waals surface area contributed by atoms with Gasteiger partial charge >= 0.3 is 0 Å². The van der Waals surface area contributed by atoms with Crippen molar-refractivity contribution in [1.82, 2.24) is 0 Å². The molecule has 0 amide bonds. The quantitative estimate of drug-likeness (QED) is 0.919. The van der Waals surface area contributed by atoms with E-state index in [0.29, 0.717) is 10.0 Å². The van der Waals surface area contributed by atoms with E-state index in [4.69, 9.17) is 5.73 Å². The van der Waals surface area contributed by atoms with Crippen LogP contribution in [0.25, 0.3) is 0 Å². The maximum absolute atomic E-state index is 13.0. The fourth-order valence-corrected chi connectivity index (χ4v) is 1.64. The molecule has 2 nitrogen and oxygen atoms in total. The molecule has 0 bridgehead atoms. The zero-order valence-electron chi connectivity index (χ0n) is 8.68. The van der Waals surface area contributed by atoms with Crippen LogP contribution < -0.4 is 5.73 Å². The van der Waals surface area contributed by atoms with E-state index in [1.54, 1.807) is 19.9 Å². The molecule has 1 aromatic rings. The van der Waals surface area contributed by atoms with Crippen LogP contribution >= 0.6 is 15.9 Å². The Kier molecular flexibility index (Phi) is 3.62. The van der Waals surface area contributed by atoms with Crippen molar-refractivity contribution in [2.45, 2.75) is 25.8 Å². The standard InChI is InChI=1S/C11H13BrFNO/c1-11(2,14)10(15)5-7-3-8(12)6-9(13)4-7/h3-4,6H,5,14H2,1-2H3. The molecule has 2 N–H and O–H groups in total. The predicted octanol–water partition coefficient (Wildman–Crippen LogP) is 2.44. The summed E-state index contributed by atoms with van der Waals surface area (Å²) in [5.41, 5.74) is 5.40. The van der Waals surface area contributed by atoms with Crippen LogP contribution in [0.3, 0.4) is 0 Å². The van der Waals surface area contributed by atoms with Crippen LogP contribution in [-0.4, -0.2) is 11.3 Å². The highest BCUT2D eigenvalue weighted by atomic mass is 79.9. The van der Waals surface area contributed by atoms with Crippen molar-refractivity contribution in [2.75, 3.05) is 0 Å². The van der Waals surface area contributed by atoms with Crippen LogP contribution in [-0.2, 0) is 11.2 Å². The number of rotatable bonds is 3. The molecule has 0 radical (unpaired) electrons. The molecular weight excluding hydrogens is 261 g/mol. The lowest BCUT2D eigenvalue weighted by Crippen LogP contribution is -2.42. The molecule has 82 valence electrons. The summed E-state index contributed by atoms with van der Waals surface area (Å²) in [6, 6.07) is 4.41. The van der Waals surface area contributed by atoms with Gasteiger partial charge in [-0.1, -0.05) is 15.9 Å². The summed E-state index contributed by atoms with van der Waals surface area (Å²) in [5.74, 6) is -0.470. The number of carbonyl (C=O) groups is 1. The first-order valence-electron chi connectivity index (χ1n) is 4.56. The Bertz CT molecular complexity index is 364. The third-order valence-corrected chi connectivity index (χ3v) is 2.46. The number of halogens is 2. The summed E-state index contributed by atoms with van der Waals surface area (Å²) in [5, 5.41) is 0. The Hall–Kier alpha value is -0.740. The summed E-state index contributed by atoms with van der Waals surface area (Å²) in [6.07, 6.45) is 0.153. The first kappa shape index (κ1) is 12.3. The number of hydrogen-bond donors (Lipinski definition) is 1. The van der Waals surface area contributed by atoms with Crippen molar-refractivity contribution in [3.05, 3.63) is 34.1 Å². The van der Waals surface area contributed by atoms with E-state index in [0.717, 1.165) is 0 Å². The zero-order valence-corrected chi connectivity index (χ0v) is 10.3. The Morgan fingerprint density at radius 3 is 2.53 bits per heavy atom. The maximum atomic E-state index is 13.0. The molecule has 0 aliphatic rings. The van der Waals surface area contributed by atoms with Crippen molar-refractivity contribution >= 4 is 21.7 Å². The van der Waals surface area contributed by atoms with Crippen molar-refractivity contribution in [2.24, 2.45) is 5.73 Å². The molecule has 0 aliphatic heterocycles. The highest BCUT2D eigenvalue weighted by molar-refractivity contribution is 9.10. The second kappa shape index (κ2) is 4.41. The normalized spacial score (nSPS) is 11.5. The average Bonchev–Trinajstić information content (AvgIpc) is 1.99. The van der Waals surface area contributed by atoms with Gasteiger partial charge in [0.25, 0.3) is 0 Å². The van der Waals surface area contributed by atoms with Gasteiger partial charge in [-0.15, -0.1) is 0 Å².